The van der Waals surface area contributed by atoms with Gasteiger partial charge >= 0.3 is 24.7 Å². The van der Waals surface area contributed by atoms with Crippen LogP contribution in [-0.2, 0) is 24.7 Å². The van der Waals surface area contributed by atoms with E-state index in [-0.39, 0.29) is 45.2 Å². The Morgan fingerprint density at radius 2 is 0.656 bits per heavy atom. The Kier molecular flexibility index (Phi) is 8.21. The molecule has 2 aliphatic carbocycles. The van der Waals surface area contributed by atoms with Crippen molar-refractivity contribution in [3.63, 3.8) is 0 Å². The Hall–Kier alpha value is -7.08. The highest BCUT2D eigenvalue weighted by Crippen LogP contribution is 2.60. The molecule has 2 aliphatic rings. The van der Waals surface area contributed by atoms with Gasteiger partial charge in [-0.15, -0.1) is 0 Å². The third kappa shape index (κ3) is 5.94. The molecule has 0 aliphatic heterocycles. The molecule has 316 valence electrons. The van der Waals surface area contributed by atoms with Gasteiger partial charge < -0.3 is 0 Å². The zero-order chi connectivity index (χ0) is 44.8. The van der Waals surface area contributed by atoms with Crippen LogP contribution in [0.25, 0.3) is 110 Å². The van der Waals surface area contributed by atoms with Gasteiger partial charge in [0.1, 0.15) is 0 Å². The number of fused-ring (bicyclic) bond motifs is 7. The number of rotatable bonds is 3. The van der Waals surface area contributed by atoms with Gasteiger partial charge in [-0.2, -0.15) is 52.7 Å². The van der Waals surface area contributed by atoms with Gasteiger partial charge in [0.25, 0.3) is 0 Å². The molecular formula is C52H24F12. The second-order valence-corrected chi connectivity index (χ2v) is 16.0. The molecule has 12 heteroatoms. The molecule has 0 bridgehead atoms. The molecule has 64 heavy (non-hydrogen) atoms. The molecule has 0 saturated carbocycles. The van der Waals surface area contributed by atoms with Gasteiger partial charge in [0.2, 0.25) is 0 Å². The topological polar surface area (TPSA) is 0 Å². The molecule has 0 nitrogen and oxygen atoms in total. The maximum Gasteiger partial charge on any atom is 0.416 e. The Bertz CT molecular complexity index is 3290. The first-order valence-corrected chi connectivity index (χ1v) is 19.7. The fraction of sp³-hybridized carbons (Fsp3) is 0.0769. The predicted molar refractivity (Wildman–Crippen MR) is 224 cm³/mol. The molecule has 0 amide bonds. The van der Waals surface area contributed by atoms with Crippen LogP contribution in [0.15, 0.2) is 146 Å². The van der Waals surface area contributed by atoms with Crippen LogP contribution in [0, 0.1) is 0 Å². The lowest BCUT2D eigenvalue weighted by Crippen LogP contribution is -2.11. The van der Waals surface area contributed by atoms with Gasteiger partial charge in [0.05, 0.1) is 22.3 Å². The van der Waals surface area contributed by atoms with E-state index in [1.807, 2.05) is 54.6 Å². The number of benzene rings is 9. The second-order valence-electron chi connectivity index (χ2n) is 16.0. The van der Waals surface area contributed by atoms with Crippen molar-refractivity contribution in [2.45, 2.75) is 24.7 Å². The van der Waals surface area contributed by atoms with Crippen LogP contribution in [0.1, 0.15) is 22.3 Å². The molecule has 0 spiro atoms. The van der Waals surface area contributed by atoms with Crippen LogP contribution in [0.4, 0.5) is 52.7 Å². The van der Waals surface area contributed by atoms with Gasteiger partial charge in [-0.25, -0.2) is 0 Å². The fourth-order valence-corrected chi connectivity index (χ4v) is 9.81. The van der Waals surface area contributed by atoms with Crippen molar-refractivity contribution in [1.82, 2.24) is 0 Å². The summed E-state index contributed by atoms with van der Waals surface area (Å²) >= 11 is 0. The Balaban J connectivity index is 1.26. The van der Waals surface area contributed by atoms with Crippen LogP contribution >= 0.6 is 0 Å². The van der Waals surface area contributed by atoms with Crippen molar-refractivity contribution in [3.05, 3.63) is 168 Å². The molecule has 0 heterocycles. The first-order valence-electron chi connectivity index (χ1n) is 19.7. The molecule has 11 rings (SSSR count). The van der Waals surface area contributed by atoms with E-state index < -0.39 is 58.1 Å². The summed E-state index contributed by atoms with van der Waals surface area (Å²) in [6, 6.07) is 34.5. The van der Waals surface area contributed by atoms with Crippen molar-refractivity contribution in [1.29, 1.82) is 0 Å². The Morgan fingerprint density at radius 1 is 0.250 bits per heavy atom. The molecule has 0 radical (unpaired) electrons. The van der Waals surface area contributed by atoms with Gasteiger partial charge in [-0.3, -0.25) is 0 Å². The van der Waals surface area contributed by atoms with Crippen molar-refractivity contribution < 1.29 is 52.7 Å². The standard InChI is InChI=1S/C52H24F12/c53-49(54,55)29-18-27(19-30(23-29)50(56,57)58)44-37-8-1-2-9-38(37)45(28-20-31(51(59,60)61)24-32(21-28)52(62,63)64)48-41-17-16-33(35-12-5-13-40(46(35)41)47(44)48)26-14-15-34-36-10-3-6-25-7-4-11-39(43(25)36)42(34)22-26/h1-24H. The monoisotopic (exact) mass is 876 g/mol. The van der Waals surface area contributed by atoms with Crippen LogP contribution < -0.4 is 0 Å². The predicted octanol–water partition coefficient (Wildman–Crippen LogP) is 17.5. The Labute approximate surface area is 354 Å². The van der Waals surface area contributed by atoms with E-state index in [9.17, 15) is 52.7 Å². The minimum Gasteiger partial charge on any atom is -0.166 e. The van der Waals surface area contributed by atoms with Gasteiger partial charge in [0, 0.05) is 0 Å². The number of hydrogen-bond acceptors (Lipinski definition) is 0. The van der Waals surface area contributed by atoms with E-state index in [4.69, 9.17) is 0 Å². The summed E-state index contributed by atoms with van der Waals surface area (Å²) in [5.74, 6) is 0. The average molecular weight is 877 g/mol. The lowest BCUT2D eigenvalue weighted by molar-refractivity contribution is -0.144. The molecule has 9 aromatic carbocycles. The summed E-state index contributed by atoms with van der Waals surface area (Å²) in [5, 5.41) is 3.21. The van der Waals surface area contributed by atoms with E-state index in [2.05, 4.69) is 0 Å². The molecule has 0 N–H and O–H groups in total. The zero-order valence-electron chi connectivity index (χ0n) is 32.4. The molecule has 9 aromatic rings. The van der Waals surface area contributed by atoms with E-state index in [1.165, 1.54) is 24.3 Å². The molecule has 0 fully saturated rings. The first-order chi connectivity index (χ1) is 30.3. The summed E-state index contributed by atoms with van der Waals surface area (Å²) < 4.78 is 174. The smallest absolute Gasteiger partial charge is 0.166 e. The minimum absolute atomic E-state index is 0.00108. The lowest BCUT2D eigenvalue weighted by Gasteiger charge is -2.23. The normalized spacial score (nSPS) is 13.3. The largest absolute Gasteiger partial charge is 0.416 e. The molecule has 0 unspecified atom stereocenters. The van der Waals surface area contributed by atoms with E-state index in [0.717, 1.165) is 38.6 Å². The van der Waals surface area contributed by atoms with E-state index in [1.54, 1.807) is 30.3 Å². The highest BCUT2D eigenvalue weighted by atomic mass is 19.4. The maximum atomic E-state index is 14.5. The minimum atomic E-state index is -5.23. The quantitative estimate of drug-likeness (QED) is 0.155. The molecule has 0 aromatic heterocycles. The first kappa shape index (κ1) is 39.7. The van der Waals surface area contributed by atoms with Crippen molar-refractivity contribution >= 4 is 32.3 Å². The highest BCUT2D eigenvalue weighted by Gasteiger charge is 2.41. The van der Waals surface area contributed by atoms with Crippen LogP contribution in [0.5, 0.6) is 0 Å². The van der Waals surface area contributed by atoms with E-state index in [0.29, 0.717) is 51.7 Å². The highest BCUT2D eigenvalue weighted by molar-refractivity contribution is 6.29. The number of hydrogen-bond donors (Lipinski definition) is 0. The summed E-state index contributed by atoms with van der Waals surface area (Å²) in [6.07, 6.45) is -20.9. The lowest BCUT2D eigenvalue weighted by atomic mass is 9.81. The molecule has 0 atom stereocenters. The van der Waals surface area contributed by atoms with Gasteiger partial charge in [-0.05, 0) is 153 Å². The summed E-state index contributed by atoms with van der Waals surface area (Å²) in [6.45, 7) is 0. The molecular weight excluding hydrogens is 853 g/mol. The maximum absolute atomic E-state index is 14.5. The Morgan fingerprint density at radius 3 is 1.16 bits per heavy atom. The summed E-state index contributed by atoms with van der Waals surface area (Å²) in [4.78, 5) is 0. The van der Waals surface area contributed by atoms with Gasteiger partial charge in [-0.1, -0.05) is 103 Å². The summed E-state index contributed by atoms with van der Waals surface area (Å²) in [7, 11) is 0. The van der Waals surface area contributed by atoms with Gasteiger partial charge in [0.15, 0.2) is 0 Å². The van der Waals surface area contributed by atoms with E-state index >= 15 is 0 Å². The number of alkyl halides is 12. The van der Waals surface area contributed by atoms with Crippen LogP contribution in [-0.4, -0.2) is 0 Å². The average Bonchev–Trinajstić information content (AvgIpc) is 3.75. The third-order valence-electron chi connectivity index (χ3n) is 12.4. The van der Waals surface area contributed by atoms with Crippen molar-refractivity contribution in [2.75, 3.05) is 0 Å². The van der Waals surface area contributed by atoms with Crippen LogP contribution in [0.2, 0.25) is 0 Å². The fourth-order valence-electron chi connectivity index (χ4n) is 9.81. The second kappa shape index (κ2) is 13.2. The third-order valence-corrected chi connectivity index (χ3v) is 12.4. The number of halogens is 12. The van der Waals surface area contributed by atoms with Crippen molar-refractivity contribution in [2.24, 2.45) is 0 Å². The zero-order valence-corrected chi connectivity index (χ0v) is 32.4. The van der Waals surface area contributed by atoms with Crippen molar-refractivity contribution in [3.8, 4) is 77.9 Å². The van der Waals surface area contributed by atoms with Crippen LogP contribution in [0.3, 0.4) is 0 Å². The summed E-state index contributed by atoms with van der Waals surface area (Å²) in [5.41, 5.74) is -1.38. The SMILES string of the molecule is FC(F)(F)c1cc(-c2c3c(c(-c4cc(C(F)(F)F)cc(C(F)(F)F)c4)c4ccccc24)-c2ccc(-c4ccc5c(c4)-c4cccc6cccc-5c46)c4cccc-3c24)cc(C(F)(F)F)c1. The molecule has 0 saturated heterocycles.